The SMILES string of the molecule is C[C@]1(C(N)=O)COc2c1cc([C@@H](CNC(=O)/C(=C/N)c1cnccn1)C(F)(F)F)nc2-c1ccc(F)cc1. The molecular weight excluding hydrogens is 508 g/mol. The molecule has 5 N–H and O–H groups in total. The van der Waals surface area contributed by atoms with Crippen LogP contribution in [0.25, 0.3) is 16.8 Å². The molecule has 2 aromatic heterocycles. The van der Waals surface area contributed by atoms with Crippen molar-refractivity contribution in [3.8, 4) is 17.0 Å². The number of benzene rings is 1. The number of alkyl halides is 3. The minimum absolute atomic E-state index is 0.0230. The van der Waals surface area contributed by atoms with Gasteiger partial charge in [-0.1, -0.05) is 0 Å². The molecule has 0 radical (unpaired) electrons. The molecule has 0 aliphatic carbocycles. The predicted molar refractivity (Wildman–Crippen MR) is 128 cm³/mol. The number of rotatable bonds is 7. The molecule has 2 amide bonds. The van der Waals surface area contributed by atoms with Crippen LogP contribution in [-0.2, 0) is 15.0 Å². The van der Waals surface area contributed by atoms with E-state index in [0.717, 1.165) is 24.4 Å². The molecule has 0 fully saturated rings. The molecule has 0 unspecified atom stereocenters. The van der Waals surface area contributed by atoms with Crippen LogP contribution in [0.5, 0.6) is 5.75 Å². The van der Waals surface area contributed by atoms with Gasteiger partial charge in [0.25, 0.3) is 5.91 Å². The van der Waals surface area contributed by atoms with Crippen molar-refractivity contribution >= 4 is 17.4 Å². The van der Waals surface area contributed by atoms with Crippen LogP contribution < -0.4 is 21.5 Å². The molecule has 38 heavy (non-hydrogen) atoms. The number of nitrogens with one attached hydrogen (secondary N) is 1. The first-order valence-corrected chi connectivity index (χ1v) is 11.2. The molecule has 0 saturated heterocycles. The fourth-order valence-electron chi connectivity index (χ4n) is 3.98. The molecule has 1 aromatic carbocycles. The van der Waals surface area contributed by atoms with Crippen LogP contribution in [0.4, 0.5) is 17.6 Å². The van der Waals surface area contributed by atoms with E-state index in [9.17, 15) is 27.2 Å². The number of hydrogen-bond acceptors (Lipinski definition) is 7. The Kier molecular flexibility index (Phi) is 7.03. The van der Waals surface area contributed by atoms with E-state index in [1.807, 2.05) is 0 Å². The molecule has 9 nitrogen and oxygen atoms in total. The molecular formula is C25H22F4N6O3. The Morgan fingerprint density at radius 1 is 1.24 bits per heavy atom. The second kappa shape index (κ2) is 10.1. The maximum Gasteiger partial charge on any atom is 0.398 e. The van der Waals surface area contributed by atoms with Crippen molar-refractivity contribution in [2.75, 3.05) is 13.2 Å². The quantitative estimate of drug-likeness (QED) is 0.314. The number of ether oxygens (including phenoxy) is 1. The van der Waals surface area contributed by atoms with Crippen molar-refractivity contribution in [3.63, 3.8) is 0 Å². The highest BCUT2D eigenvalue weighted by atomic mass is 19.4. The molecule has 198 valence electrons. The van der Waals surface area contributed by atoms with Gasteiger partial charge in [-0.2, -0.15) is 13.2 Å². The summed E-state index contributed by atoms with van der Waals surface area (Å²) in [6.07, 6.45) is -0.0553. The lowest BCUT2D eigenvalue weighted by molar-refractivity contribution is -0.150. The van der Waals surface area contributed by atoms with Gasteiger partial charge in [-0.25, -0.2) is 9.37 Å². The summed E-state index contributed by atoms with van der Waals surface area (Å²) in [5, 5.41) is 2.23. The highest BCUT2D eigenvalue weighted by Gasteiger charge is 2.47. The Bertz CT molecular complexity index is 1400. The number of fused-ring (bicyclic) bond motifs is 1. The van der Waals surface area contributed by atoms with Crippen molar-refractivity contribution in [1.82, 2.24) is 20.3 Å². The Balaban J connectivity index is 1.76. The summed E-state index contributed by atoms with van der Waals surface area (Å²) in [6, 6.07) is 6.00. The standard InChI is InChI=1S/C25H22F4N6O3/c1-24(23(31)37)12-38-21-16(24)8-18(35-20(21)13-2-4-14(26)5-3-13)17(25(27,28)29)10-34-22(36)15(9-30)19-11-32-6-7-33-19/h2-9,11,17H,10,12,30H2,1H3,(H2,31,37)(H,34,36)/b15-9+/t17-,24+/m1/s1. The van der Waals surface area contributed by atoms with Gasteiger partial charge in [0, 0.05) is 36.3 Å². The minimum Gasteiger partial charge on any atom is -0.489 e. The van der Waals surface area contributed by atoms with E-state index in [1.165, 1.54) is 37.6 Å². The van der Waals surface area contributed by atoms with Gasteiger partial charge in [-0.05, 0) is 37.3 Å². The average Bonchev–Trinajstić information content (AvgIpc) is 3.22. The number of hydrogen-bond donors (Lipinski definition) is 3. The molecule has 3 aromatic rings. The largest absolute Gasteiger partial charge is 0.489 e. The van der Waals surface area contributed by atoms with E-state index in [1.54, 1.807) is 0 Å². The van der Waals surface area contributed by atoms with Gasteiger partial charge >= 0.3 is 6.18 Å². The third kappa shape index (κ3) is 4.99. The summed E-state index contributed by atoms with van der Waals surface area (Å²) in [5.74, 6) is -4.51. The zero-order valence-electron chi connectivity index (χ0n) is 19.9. The van der Waals surface area contributed by atoms with Crippen LogP contribution in [0.3, 0.4) is 0 Å². The monoisotopic (exact) mass is 530 g/mol. The summed E-state index contributed by atoms with van der Waals surface area (Å²) in [7, 11) is 0. The Morgan fingerprint density at radius 2 is 1.95 bits per heavy atom. The first kappa shape index (κ1) is 26.5. The van der Waals surface area contributed by atoms with E-state index in [4.69, 9.17) is 16.2 Å². The highest BCUT2D eigenvalue weighted by Crippen LogP contribution is 2.46. The second-order valence-electron chi connectivity index (χ2n) is 8.74. The zero-order chi connectivity index (χ0) is 27.7. The van der Waals surface area contributed by atoms with Gasteiger partial charge in [0.1, 0.15) is 35.2 Å². The van der Waals surface area contributed by atoms with Crippen LogP contribution >= 0.6 is 0 Å². The molecule has 1 aliphatic heterocycles. The van der Waals surface area contributed by atoms with E-state index >= 15 is 0 Å². The van der Waals surface area contributed by atoms with Crippen molar-refractivity contribution < 1.29 is 31.9 Å². The molecule has 0 saturated carbocycles. The van der Waals surface area contributed by atoms with Crippen LogP contribution in [0.1, 0.15) is 29.8 Å². The Labute approximate surface area is 213 Å². The first-order valence-electron chi connectivity index (χ1n) is 11.2. The molecule has 0 spiro atoms. The van der Waals surface area contributed by atoms with Crippen molar-refractivity contribution in [2.45, 2.75) is 24.4 Å². The molecule has 1 aliphatic rings. The first-order chi connectivity index (χ1) is 18.0. The van der Waals surface area contributed by atoms with Gasteiger partial charge in [-0.3, -0.25) is 19.6 Å². The summed E-state index contributed by atoms with van der Waals surface area (Å²) in [5.41, 5.74) is 9.39. The van der Waals surface area contributed by atoms with E-state index in [0.29, 0.717) is 0 Å². The van der Waals surface area contributed by atoms with Crippen LogP contribution in [0.15, 0.2) is 55.1 Å². The van der Waals surface area contributed by atoms with Crippen LogP contribution in [0.2, 0.25) is 0 Å². The predicted octanol–water partition coefficient (Wildman–Crippen LogP) is 2.58. The topological polar surface area (TPSA) is 146 Å². The number of primary amides is 1. The Morgan fingerprint density at radius 3 is 2.53 bits per heavy atom. The van der Waals surface area contributed by atoms with Crippen LogP contribution in [-0.4, -0.2) is 46.1 Å². The fourth-order valence-corrected chi connectivity index (χ4v) is 3.98. The van der Waals surface area contributed by atoms with Gasteiger partial charge in [-0.15, -0.1) is 0 Å². The lowest BCUT2D eigenvalue weighted by Gasteiger charge is -2.24. The van der Waals surface area contributed by atoms with E-state index in [2.05, 4.69) is 20.3 Å². The number of carbonyl (C=O) groups is 2. The number of pyridine rings is 1. The smallest absolute Gasteiger partial charge is 0.398 e. The minimum atomic E-state index is -4.86. The molecule has 13 heteroatoms. The van der Waals surface area contributed by atoms with Crippen molar-refractivity contribution in [3.05, 3.63) is 77.9 Å². The van der Waals surface area contributed by atoms with Crippen molar-refractivity contribution in [2.24, 2.45) is 11.5 Å². The van der Waals surface area contributed by atoms with Gasteiger partial charge in [0.05, 0.1) is 23.2 Å². The normalized spacial score (nSPS) is 17.9. The molecule has 0 bridgehead atoms. The fraction of sp³-hybridized carbons (Fsp3) is 0.240. The summed E-state index contributed by atoms with van der Waals surface area (Å²) in [4.78, 5) is 36.9. The van der Waals surface area contributed by atoms with Crippen LogP contribution in [0, 0.1) is 5.82 Å². The second-order valence-corrected chi connectivity index (χ2v) is 8.74. The number of amides is 2. The highest BCUT2D eigenvalue weighted by molar-refractivity contribution is 6.18. The third-order valence-corrected chi connectivity index (χ3v) is 6.22. The van der Waals surface area contributed by atoms with Gasteiger partial charge < -0.3 is 21.5 Å². The summed E-state index contributed by atoms with van der Waals surface area (Å²) in [6.45, 7) is 0.318. The lowest BCUT2D eigenvalue weighted by Crippen LogP contribution is -2.40. The zero-order valence-corrected chi connectivity index (χ0v) is 19.9. The lowest BCUT2D eigenvalue weighted by atomic mass is 9.82. The van der Waals surface area contributed by atoms with Gasteiger partial charge in [0.2, 0.25) is 5.91 Å². The number of halogens is 4. The van der Waals surface area contributed by atoms with E-state index in [-0.39, 0.29) is 40.4 Å². The third-order valence-electron chi connectivity index (χ3n) is 6.22. The number of nitrogens with zero attached hydrogens (tertiary/aromatic N) is 3. The molecule has 4 rings (SSSR count). The summed E-state index contributed by atoms with van der Waals surface area (Å²) < 4.78 is 62.2. The van der Waals surface area contributed by atoms with E-state index < -0.39 is 47.4 Å². The van der Waals surface area contributed by atoms with Crippen molar-refractivity contribution in [1.29, 1.82) is 0 Å². The Hall–Kier alpha value is -4.55. The maximum absolute atomic E-state index is 14.3. The maximum atomic E-state index is 14.3. The summed E-state index contributed by atoms with van der Waals surface area (Å²) >= 11 is 0. The number of nitrogens with two attached hydrogens (primary N) is 2. The number of carbonyl (C=O) groups excluding carboxylic acids is 2. The molecule has 2 atom stereocenters. The average molecular weight is 530 g/mol. The van der Waals surface area contributed by atoms with Gasteiger partial charge in [0.15, 0.2) is 0 Å². The molecule has 3 heterocycles. The number of aromatic nitrogens is 3.